The summed E-state index contributed by atoms with van der Waals surface area (Å²) in [4.78, 5) is 0. The minimum atomic E-state index is 0. The summed E-state index contributed by atoms with van der Waals surface area (Å²) in [5.74, 6) is 0. The first-order chi connectivity index (χ1) is 4.86. The van der Waals surface area contributed by atoms with Crippen molar-refractivity contribution in [2.24, 2.45) is 0 Å². The molecule has 0 saturated heterocycles. The molecule has 0 aliphatic rings. The third kappa shape index (κ3) is 3.20. The number of hydrogen-bond donors (Lipinski definition) is 0. The van der Waals surface area contributed by atoms with Gasteiger partial charge in [-0.25, -0.2) is 0 Å². The van der Waals surface area contributed by atoms with Crippen LogP contribution in [0.2, 0.25) is 0 Å². The topological polar surface area (TPSA) is 0 Å². The Morgan fingerprint density at radius 2 is 1.55 bits per heavy atom. The van der Waals surface area contributed by atoms with Gasteiger partial charge in [-0.15, -0.1) is 0 Å². The van der Waals surface area contributed by atoms with Gasteiger partial charge in [-0.1, -0.05) is 36.8 Å². The summed E-state index contributed by atoms with van der Waals surface area (Å²) < 4.78 is 0. The van der Waals surface area contributed by atoms with Crippen molar-refractivity contribution >= 4 is 0 Å². The fourth-order valence-corrected chi connectivity index (χ4v) is 0.942. The number of aryl methyl sites for hydroxylation is 1. The van der Waals surface area contributed by atoms with Crippen molar-refractivity contribution in [3.8, 4) is 0 Å². The molecule has 0 fully saturated rings. The predicted octanol–water partition coefficient (Wildman–Crippen LogP) is 2.62. The molecular formula is C10H13W-. The van der Waals surface area contributed by atoms with E-state index >= 15 is 0 Å². The van der Waals surface area contributed by atoms with Gasteiger partial charge in [0.05, 0.1) is 0 Å². The molecular weight excluding hydrogens is 304 g/mol. The largest absolute Gasteiger partial charge is 0.339 e. The quantitative estimate of drug-likeness (QED) is 0.736. The Labute approximate surface area is 83.3 Å². The average Bonchev–Trinajstić information content (AvgIpc) is 2.05. The van der Waals surface area contributed by atoms with Gasteiger partial charge in [0.25, 0.3) is 0 Å². The molecule has 0 unspecified atom stereocenters. The zero-order chi connectivity index (χ0) is 7.40. The molecule has 0 N–H and O–H groups in total. The minimum Gasteiger partial charge on any atom is -0.339 e. The van der Waals surface area contributed by atoms with Crippen LogP contribution in [0.5, 0.6) is 0 Å². The van der Waals surface area contributed by atoms with Crippen molar-refractivity contribution in [2.75, 3.05) is 0 Å². The molecule has 1 heteroatoms. The third-order valence-electron chi connectivity index (χ3n) is 1.72. The Morgan fingerprint density at radius 3 is 1.91 bits per heavy atom. The van der Waals surface area contributed by atoms with Gasteiger partial charge in [0, 0.05) is 21.1 Å². The summed E-state index contributed by atoms with van der Waals surface area (Å²) >= 11 is 0. The van der Waals surface area contributed by atoms with Crippen LogP contribution in [0.4, 0.5) is 0 Å². The minimum absolute atomic E-state index is 0. The normalized spacial score (nSPS) is 8.91. The summed E-state index contributed by atoms with van der Waals surface area (Å²) in [5, 5.41) is 0. The van der Waals surface area contributed by atoms with Gasteiger partial charge < -0.3 is 6.92 Å². The Kier molecular flexibility index (Phi) is 5.50. The van der Waals surface area contributed by atoms with Crippen LogP contribution >= 0.6 is 0 Å². The van der Waals surface area contributed by atoms with Gasteiger partial charge >= 0.3 is 0 Å². The van der Waals surface area contributed by atoms with Crippen LogP contribution in [0.15, 0.2) is 24.3 Å². The molecule has 0 spiro atoms. The van der Waals surface area contributed by atoms with Gasteiger partial charge in [-0.2, -0.15) is 6.42 Å². The standard InChI is InChI=1S/C10H13.W/c1-3-9-5-7-10(4-2)8-6-9;/h5-8H,1,3-4H2,2H3;/q-1;. The third-order valence-corrected chi connectivity index (χ3v) is 1.72. The van der Waals surface area contributed by atoms with E-state index in [1.165, 1.54) is 11.1 Å². The van der Waals surface area contributed by atoms with Crippen LogP contribution in [-0.4, -0.2) is 0 Å². The average molecular weight is 317 g/mol. The molecule has 0 amide bonds. The first-order valence-electron chi connectivity index (χ1n) is 3.74. The summed E-state index contributed by atoms with van der Waals surface area (Å²) in [6, 6.07) is 8.62. The number of rotatable bonds is 2. The van der Waals surface area contributed by atoms with Crippen molar-refractivity contribution in [3.05, 3.63) is 42.3 Å². The van der Waals surface area contributed by atoms with Crippen molar-refractivity contribution in [1.82, 2.24) is 0 Å². The summed E-state index contributed by atoms with van der Waals surface area (Å²) in [7, 11) is 0. The molecule has 0 atom stereocenters. The Morgan fingerprint density at radius 1 is 1.09 bits per heavy atom. The molecule has 0 saturated carbocycles. The van der Waals surface area contributed by atoms with Crippen molar-refractivity contribution in [3.63, 3.8) is 0 Å². The second-order valence-corrected chi connectivity index (χ2v) is 2.42. The molecule has 0 aromatic heterocycles. The van der Waals surface area contributed by atoms with Crippen LogP contribution in [0, 0.1) is 6.92 Å². The Bertz CT molecular complexity index is 166. The van der Waals surface area contributed by atoms with E-state index in [0.717, 1.165) is 12.8 Å². The first kappa shape index (κ1) is 10.9. The monoisotopic (exact) mass is 317 g/mol. The van der Waals surface area contributed by atoms with E-state index < -0.39 is 0 Å². The van der Waals surface area contributed by atoms with Crippen molar-refractivity contribution < 1.29 is 21.1 Å². The second-order valence-electron chi connectivity index (χ2n) is 2.42. The fourth-order valence-electron chi connectivity index (χ4n) is 0.942. The van der Waals surface area contributed by atoms with Gasteiger partial charge in [-0.05, 0) is 12.0 Å². The molecule has 0 heterocycles. The second kappa shape index (κ2) is 5.54. The van der Waals surface area contributed by atoms with E-state index in [2.05, 4.69) is 38.1 Å². The van der Waals surface area contributed by atoms with Crippen LogP contribution in [0.3, 0.4) is 0 Å². The molecule has 0 aliphatic carbocycles. The number of hydrogen-bond acceptors (Lipinski definition) is 0. The van der Waals surface area contributed by atoms with Gasteiger partial charge in [0.1, 0.15) is 0 Å². The molecule has 60 valence electrons. The van der Waals surface area contributed by atoms with Crippen LogP contribution in [-0.2, 0) is 33.9 Å². The molecule has 0 radical (unpaired) electrons. The molecule has 1 aromatic rings. The van der Waals surface area contributed by atoms with Crippen LogP contribution in [0.25, 0.3) is 0 Å². The smallest absolute Gasteiger partial charge is 0 e. The molecule has 0 bridgehead atoms. The van der Waals surface area contributed by atoms with E-state index in [0.29, 0.717) is 0 Å². The SMILES string of the molecule is [CH2-]Cc1ccc(CC)cc1.[W]. The van der Waals surface area contributed by atoms with E-state index in [1.807, 2.05) is 0 Å². The van der Waals surface area contributed by atoms with Crippen LogP contribution in [0.1, 0.15) is 18.1 Å². The molecule has 0 nitrogen and oxygen atoms in total. The maximum atomic E-state index is 3.81. The van der Waals surface area contributed by atoms with E-state index in [9.17, 15) is 0 Å². The fraction of sp³-hybridized carbons (Fsp3) is 0.300. The molecule has 0 aliphatic heterocycles. The summed E-state index contributed by atoms with van der Waals surface area (Å²) in [5.41, 5.74) is 2.72. The van der Waals surface area contributed by atoms with E-state index in [-0.39, 0.29) is 21.1 Å². The maximum absolute atomic E-state index is 3.81. The summed E-state index contributed by atoms with van der Waals surface area (Å²) in [6.07, 6.45) is 2.02. The van der Waals surface area contributed by atoms with Gasteiger partial charge in [-0.3, -0.25) is 0 Å². The Balaban J connectivity index is 0.000001000. The summed E-state index contributed by atoms with van der Waals surface area (Å²) in [6.45, 7) is 5.98. The Hall–Kier alpha value is -0.0917. The van der Waals surface area contributed by atoms with Gasteiger partial charge in [0.2, 0.25) is 0 Å². The maximum Gasteiger partial charge on any atom is 0 e. The molecule has 1 aromatic carbocycles. The van der Waals surface area contributed by atoms with Crippen molar-refractivity contribution in [1.29, 1.82) is 0 Å². The molecule has 1 rings (SSSR count). The van der Waals surface area contributed by atoms with E-state index in [1.54, 1.807) is 0 Å². The first-order valence-corrected chi connectivity index (χ1v) is 3.74. The predicted molar refractivity (Wildman–Crippen MR) is 44.9 cm³/mol. The van der Waals surface area contributed by atoms with E-state index in [4.69, 9.17) is 0 Å². The number of benzene rings is 1. The zero-order valence-electron chi connectivity index (χ0n) is 6.84. The van der Waals surface area contributed by atoms with Crippen molar-refractivity contribution in [2.45, 2.75) is 19.8 Å². The van der Waals surface area contributed by atoms with Crippen LogP contribution < -0.4 is 0 Å². The van der Waals surface area contributed by atoms with Gasteiger partial charge in [0.15, 0.2) is 0 Å². The molecule has 11 heavy (non-hydrogen) atoms. The zero-order valence-corrected chi connectivity index (χ0v) is 9.77.